The number of hydrogen-bond donors (Lipinski definition) is 2. The molecule has 2 fully saturated rings. The molecule has 0 aromatic heterocycles. The van der Waals surface area contributed by atoms with Gasteiger partial charge in [0, 0.05) is 5.92 Å². The third kappa shape index (κ3) is 4.07. The minimum absolute atomic E-state index is 0.176. The molecule has 3 N–H and O–H groups in total. The number of rotatable bonds is 4. The van der Waals surface area contributed by atoms with Crippen molar-refractivity contribution in [3.05, 3.63) is 24.3 Å². The fraction of sp³-hybridized carbons (Fsp3) is 0.650. The summed E-state index contributed by atoms with van der Waals surface area (Å²) in [6, 6.07) is 7.60. The van der Waals surface area contributed by atoms with E-state index in [1.54, 1.807) is 0 Å². The molecule has 0 unspecified atom stereocenters. The van der Waals surface area contributed by atoms with Crippen molar-refractivity contribution in [3.63, 3.8) is 0 Å². The number of amides is 1. The SMILES string of the molecule is Nc1ccccc1NC(=O)C(C1CCCCC1)C1CCCCC1. The van der Waals surface area contributed by atoms with Crippen molar-refractivity contribution in [2.45, 2.75) is 64.2 Å². The monoisotopic (exact) mass is 314 g/mol. The average molecular weight is 314 g/mol. The summed E-state index contributed by atoms with van der Waals surface area (Å²) >= 11 is 0. The summed E-state index contributed by atoms with van der Waals surface area (Å²) in [5.74, 6) is 1.52. The van der Waals surface area contributed by atoms with Crippen molar-refractivity contribution in [1.29, 1.82) is 0 Å². The Hall–Kier alpha value is -1.51. The van der Waals surface area contributed by atoms with Gasteiger partial charge in [0.15, 0.2) is 0 Å². The van der Waals surface area contributed by atoms with E-state index >= 15 is 0 Å². The fourth-order valence-electron chi connectivity index (χ4n) is 4.63. The van der Waals surface area contributed by atoms with Gasteiger partial charge in [-0.2, -0.15) is 0 Å². The normalized spacial score (nSPS) is 20.6. The number of carbonyl (C=O) groups is 1. The molecule has 0 atom stereocenters. The first-order chi connectivity index (χ1) is 11.3. The number of nitrogens with one attached hydrogen (secondary N) is 1. The van der Waals surface area contributed by atoms with E-state index in [1.165, 1.54) is 64.2 Å². The zero-order valence-corrected chi connectivity index (χ0v) is 14.1. The van der Waals surface area contributed by atoms with E-state index in [4.69, 9.17) is 5.73 Å². The van der Waals surface area contributed by atoms with Gasteiger partial charge in [-0.3, -0.25) is 4.79 Å². The van der Waals surface area contributed by atoms with Gasteiger partial charge in [-0.15, -0.1) is 0 Å². The summed E-state index contributed by atoms with van der Waals surface area (Å²) < 4.78 is 0. The Morgan fingerprint density at radius 2 is 1.43 bits per heavy atom. The number of anilines is 2. The molecule has 23 heavy (non-hydrogen) atoms. The summed E-state index contributed by atoms with van der Waals surface area (Å²) in [5, 5.41) is 3.14. The first-order valence-corrected chi connectivity index (χ1v) is 9.41. The van der Waals surface area contributed by atoms with Crippen LogP contribution in [0.1, 0.15) is 64.2 Å². The number of para-hydroxylation sites is 2. The van der Waals surface area contributed by atoms with Crippen LogP contribution in [-0.4, -0.2) is 5.91 Å². The molecule has 3 nitrogen and oxygen atoms in total. The molecule has 3 heteroatoms. The van der Waals surface area contributed by atoms with E-state index in [0.717, 1.165) is 5.69 Å². The van der Waals surface area contributed by atoms with E-state index in [9.17, 15) is 4.79 Å². The standard InChI is InChI=1S/C20H30N2O/c21-17-13-7-8-14-18(17)22-20(23)19(15-9-3-1-4-10-15)16-11-5-2-6-12-16/h7-8,13-16,19H,1-6,9-12,21H2,(H,22,23). The summed E-state index contributed by atoms with van der Waals surface area (Å²) in [6.07, 6.45) is 12.7. The van der Waals surface area contributed by atoms with E-state index in [1.807, 2.05) is 24.3 Å². The predicted octanol–water partition coefficient (Wildman–Crippen LogP) is 4.98. The summed E-state index contributed by atoms with van der Waals surface area (Å²) in [4.78, 5) is 13.1. The summed E-state index contributed by atoms with van der Waals surface area (Å²) in [7, 11) is 0. The predicted molar refractivity (Wildman–Crippen MR) is 96.1 cm³/mol. The molecule has 0 heterocycles. The molecular weight excluding hydrogens is 284 g/mol. The highest BCUT2D eigenvalue weighted by atomic mass is 16.1. The van der Waals surface area contributed by atoms with Gasteiger partial charge in [-0.1, -0.05) is 50.7 Å². The van der Waals surface area contributed by atoms with Crippen LogP contribution >= 0.6 is 0 Å². The second kappa shape index (κ2) is 7.85. The van der Waals surface area contributed by atoms with Crippen LogP contribution in [0.25, 0.3) is 0 Å². The van der Waals surface area contributed by atoms with Crippen LogP contribution < -0.4 is 11.1 Å². The van der Waals surface area contributed by atoms with Gasteiger partial charge in [-0.25, -0.2) is 0 Å². The molecule has 1 amide bonds. The Morgan fingerprint density at radius 3 is 1.96 bits per heavy atom. The molecule has 1 aromatic rings. The third-order valence-electron chi connectivity index (χ3n) is 5.84. The van der Waals surface area contributed by atoms with Gasteiger partial charge < -0.3 is 11.1 Å². The molecule has 0 radical (unpaired) electrons. The number of carbonyl (C=O) groups excluding carboxylic acids is 1. The van der Waals surface area contributed by atoms with E-state index in [-0.39, 0.29) is 11.8 Å². The number of hydrogen-bond acceptors (Lipinski definition) is 2. The lowest BCUT2D eigenvalue weighted by Crippen LogP contribution is -2.37. The topological polar surface area (TPSA) is 55.1 Å². The third-order valence-corrected chi connectivity index (χ3v) is 5.84. The van der Waals surface area contributed by atoms with E-state index in [2.05, 4.69) is 5.32 Å². The Labute approximate surface area is 140 Å². The molecule has 1 aromatic carbocycles. The van der Waals surface area contributed by atoms with Crippen molar-refractivity contribution in [2.75, 3.05) is 11.1 Å². The molecule has 0 saturated heterocycles. The Balaban J connectivity index is 1.75. The maximum absolute atomic E-state index is 13.1. The van der Waals surface area contributed by atoms with E-state index < -0.39 is 0 Å². The van der Waals surface area contributed by atoms with Crippen molar-refractivity contribution >= 4 is 17.3 Å². The Morgan fingerprint density at radius 1 is 0.913 bits per heavy atom. The molecule has 0 bridgehead atoms. The molecule has 2 aliphatic rings. The Kier molecular flexibility index (Phi) is 5.58. The van der Waals surface area contributed by atoms with Crippen LogP contribution in [0.2, 0.25) is 0 Å². The second-order valence-corrected chi connectivity index (χ2v) is 7.40. The molecule has 2 aliphatic carbocycles. The van der Waals surface area contributed by atoms with Gasteiger partial charge in [0.1, 0.15) is 0 Å². The van der Waals surface area contributed by atoms with Gasteiger partial charge in [-0.05, 0) is 49.7 Å². The van der Waals surface area contributed by atoms with Gasteiger partial charge in [0.25, 0.3) is 0 Å². The first-order valence-electron chi connectivity index (χ1n) is 9.41. The molecule has 0 spiro atoms. The van der Waals surface area contributed by atoms with Crippen LogP contribution in [0.5, 0.6) is 0 Å². The molecule has 0 aliphatic heterocycles. The maximum atomic E-state index is 13.1. The number of nitrogens with two attached hydrogens (primary N) is 1. The lowest BCUT2D eigenvalue weighted by molar-refractivity contribution is -0.124. The Bertz CT molecular complexity index is 498. The lowest BCUT2D eigenvalue weighted by Gasteiger charge is -2.36. The van der Waals surface area contributed by atoms with Crippen LogP contribution in [0, 0.1) is 17.8 Å². The molecular formula is C20H30N2O. The number of nitrogen functional groups attached to an aromatic ring is 1. The minimum atomic E-state index is 0.176. The van der Waals surface area contributed by atoms with Crippen LogP contribution in [0.4, 0.5) is 11.4 Å². The van der Waals surface area contributed by atoms with Crippen molar-refractivity contribution in [3.8, 4) is 0 Å². The smallest absolute Gasteiger partial charge is 0.228 e. The van der Waals surface area contributed by atoms with Crippen LogP contribution in [0.15, 0.2) is 24.3 Å². The molecule has 2 saturated carbocycles. The van der Waals surface area contributed by atoms with Gasteiger partial charge in [0.2, 0.25) is 5.91 Å². The van der Waals surface area contributed by atoms with Crippen molar-refractivity contribution < 1.29 is 4.79 Å². The van der Waals surface area contributed by atoms with Gasteiger partial charge in [0.05, 0.1) is 11.4 Å². The summed E-state index contributed by atoms with van der Waals surface area (Å²) in [6.45, 7) is 0. The van der Waals surface area contributed by atoms with Crippen molar-refractivity contribution in [2.24, 2.45) is 17.8 Å². The molecule has 126 valence electrons. The minimum Gasteiger partial charge on any atom is -0.397 e. The van der Waals surface area contributed by atoms with E-state index in [0.29, 0.717) is 17.5 Å². The highest BCUT2D eigenvalue weighted by Gasteiger charge is 2.36. The highest BCUT2D eigenvalue weighted by molar-refractivity contribution is 5.95. The van der Waals surface area contributed by atoms with Crippen LogP contribution in [0.3, 0.4) is 0 Å². The van der Waals surface area contributed by atoms with Crippen LogP contribution in [-0.2, 0) is 4.79 Å². The zero-order valence-electron chi connectivity index (χ0n) is 14.1. The second-order valence-electron chi connectivity index (χ2n) is 7.40. The highest BCUT2D eigenvalue weighted by Crippen LogP contribution is 2.40. The lowest BCUT2D eigenvalue weighted by atomic mass is 9.69. The quantitative estimate of drug-likeness (QED) is 0.770. The fourth-order valence-corrected chi connectivity index (χ4v) is 4.63. The zero-order chi connectivity index (χ0) is 16.1. The maximum Gasteiger partial charge on any atom is 0.228 e. The molecule has 3 rings (SSSR count). The average Bonchev–Trinajstić information content (AvgIpc) is 2.59. The number of benzene rings is 1. The largest absolute Gasteiger partial charge is 0.397 e. The first kappa shape index (κ1) is 16.4. The van der Waals surface area contributed by atoms with Crippen molar-refractivity contribution in [1.82, 2.24) is 0 Å². The summed E-state index contributed by atoms with van der Waals surface area (Å²) in [5.41, 5.74) is 7.44. The van der Waals surface area contributed by atoms with Gasteiger partial charge >= 0.3 is 0 Å².